The van der Waals surface area contributed by atoms with Gasteiger partial charge in [0.05, 0.1) is 0 Å². The Balaban J connectivity index is 0. The molecule has 0 aromatic carbocycles. The van der Waals surface area contributed by atoms with Gasteiger partial charge in [0.2, 0.25) is 0 Å². The second-order valence-electron chi connectivity index (χ2n) is 4.59. The molecule has 0 amide bonds. The van der Waals surface area contributed by atoms with E-state index in [1.54, 1.807) is 0 Å². The van der Waals surface area contributed by atoms with Gasteiger partial charge in [0.25, 0.3) is 0 Å². The van der Waals surface area contributed by atoms with E-state index in [1.165, 1.54) is 12.8 Å². The summed E-state index contributed by atoms with van der Waals surface area (Å²) in [6.45, 7) is 4.27. The lowest BCUT2D eigenvalue weighted by atomic mass is 10.00. The predicted octanol–water partition coefficient (Wildman–Crippen LogP) is 1.01. The van der Waals surface area contributed by atoms with Crippen molar-refractivity contribution < 1.29 is 34.7 Å². The van der Waals surface area contributed by atoms with Crippen molar-refractivity contribution in [2.24, 2.45) is 5.73 Å². The molecule has 0 heterocycles. The van der Waals surface area contributed by atoms with Gasteiger partial charge in [-0.2, -0.15) is 16.8 Å². The molecule has 11 heteroatoms. The molecule has 1 atom stereocenters. The van der Waals surface area contributed by atoms with Gasteiger partial charge in [0.1, 0.15) is 5.72 Å². The van der Waals surface area contributed by atoms with Crippen molar-refractivity contribution in [2.45, 2.75) is 64.5 Å². The summed E-state index contributed by atoms with van der Waals surface area (Å²) >= 11 is 0. The highest BCUT2D eigenvalue weighted by molar-refractivity contribution is 7.94. The molecular formula is C10H25NO8S2. The van der Waals surface area contributed by atoms with Gasteiger partial charge in [-0.1, -0.05) is 33.1 Å². The molecule has 0 aromatic heterocycles. The number of rotatable bonds is 9. The second-order valence-corrected chi connectivity index (χ2v) is 6.84. The first-order valence-electron chi connectivity index (χ1n) is 6.50. The van der Waals surface area contributed by atoms with Crippen LogP contribution < -0.4 is 5.73 Å². The van der Waals surface area contributed by atoms with E-state index in [9.17, 15) is 21.9 Å². The molecule has 0 saturated heterocycles. The third kappa shape index (κ3) is 22.1. The Morgan fingerprint density at radius 3 is 1.57 bits per heavy atom. The molecule has 9 nitrogen and oxygen atoms in total. The normalized spacial score (nSPS) is 15.0. The molecule has 0 fully saturated rings. The van der Waals surface area contributed by atoms with E-state index in [0.29, 0.717) is 0 Å². The molecular weight excluding hydrogens is 326 g/mol. The SMILES string of the molecule is CCCCCC(N)(O)CCCC.O=S(=O)(O)OS(=O)(=O)O. The minimum Gasteiger partial charge on any atom is -0.376 e. The molecule has 0 rings (SSSR count). The van der Waals surface area contributed by atoms with E-state index in [1.807, 2.05) is 0 Å². The van der Waals surface area contributed by atoms with Crippen LogP contribution in [0.1, 0.15) is 58.8 Å². The summed E-state index contributed by atoms with van der Waals surface area (Å²) in [5.41, 5.74) is 4.80. The average molecular weight is 351 g/mol. The molecule has 21 heavy (non-hydrogen) atoms. The number of hydrogen-bond donors (Lipinski definition) is 4. The smallest absolute Gasteiger partial charge is 0.376 e. The van der Waals surface area contributed by atoms with Gasteiger partial charge < -0.3 is 10.8 Å². The Morgan fingerprint density at radius 1 is 0.905 bits per heavy atom. The maximum Gasteiger partial charge on any atom is 0.413 e. The first-order chi connectivity index (χ1) is 9.33. The maximum atomic E-state index is 9.65. The van der Waals surface area contributed by atoms with Crippen molar-refractivity contribution in [3.8, 4) is 0 Å². The quantitative estimate of drug-likeness (QED) is 0.269. The molecule has 1 unspecified atom stereocenters. The standard InChI is InChI=1S/C10H23NO.H2O7S2/c1-3-5-7-9-10(11,12)8-6-4-2;1-8(2,3)7-9(4,5)6/h12H,3-9,11H2,1-2H3;(H,1,2,3)(H,4,5,6). The summed E-state index contributed by atoms with van der Waals surface area (Å²) < 4.78 is 55.6. The molecule has 0 aliphatic rings. The Morgan fingerprint density at radius 2 is 1.29 bits per heavy atom. The Labute approximate surface area is 126 Å². The molecule has 0 aromatic rings. The molecule has 130 valence electrons. The minimum absolute atomic E-state index is 0.743. The van der Waals surface area contributed by atoms with E-state index in [-0.39, 0.29) is 0 Å². The monoisotopic (exact) mass is 351 g/mol. The van der Waals surface area contributed by atoms with Crippen molar-refractivity contribution in [1.82, 2.24) is 0 Å². The number of aliphatic hydroxyl groups is 1. The summed E-state index contributed by atoms with van der Waals surface area (Å²) in [4.78, 5) is 0. The highest BCUT2D eigenvalue weighted by Gasteiger charge is 2.18. The van der Waals surface area contributed by atoms with Crippen LogP contribution in [0.2, 0.25) is 0 Å². The van der Waals surface area contributed by atoms with Gasteiger partial charge in [-0.25, -0.2) is 0 Å². The van der Waals surface area contributed by atoms with Crippen molar-refractivity contribution in [3.63, 3.8) is 0 Å². The summed E-state index contributed by atoms with van der Waals surface area (Å²) in [6, 6.07) is 0. The lowest BCUT2D eigenvalue weighted by Crippen LogP contribution is -2.39. The Bertz CT molecular complexity index is 427. The largest absolute Gasteiger partial charge is 0.413 e. The zero-order chi connectivity index (χ0) is 17.2. The fourth-order valence-electron chi connectivity index (χ4n) is 1.40. The van der Waals surface area contributed by atoms with Crippen molar-refractivity contribution in [2.75, 3.05) is 0 Å². The minimum atomic E-state index is -5.12. The third-order valence-corrected chi connectivity index (χ3v) is 3.72. The summed E-state index contributed by atoms with van der Waals surface area (Å²) in [6.07, 6.45) is 7.03. The van der Waals surface area contributed by atoms with Crippen molar-refractivity contribution in [1.29, 1.82) is 0 Å². The zero-order valence-corrected chi connectivity index (χ0v) is 13.9. The van der Waals surface area contributed by atoms with Gasteiger partial charge in [-0.05, 0) is 25.7 Å². The van der Waals surface area contributed by atoms with E-state index in [2.05, 4.69) is 17.5 Å². The summed E-state index contributed by atoms with van der Waals surface area (Å²) in [5.74, 6) is 0. The lowest BCUT2D eigenvalue weighted by Gasteiger charge is -2.22. The third-order valence-electron chi connectivity index (χ3n) is 2.35. The molecule has 0 radical (unpaired) electrons. The Kier molecular flexibility index (Phi) is 11.4. The van der Waals surface area contributed by atoms with Crippen LogP contribution in [-0.4, -0.2) is 36.8 Å². The van der Waals surface area contributed by atoms with Gasteiger partial charge in [0, 0.05) is 0 Å². The fraction of sp³-hybridized carbons (Fsp3) is 1.00. The summed E-state index contributed by atoms with van der Waals surface area (Å²) in [5, 5.41) is 9.65. The molecule has 0 bridgehead atoms. The molecule has 5 N–H and O–H groups in total. The zero-order valence-electron chi connectivity index (χ0n) is 12.2. The molecule has 0 aliphatic carbocycles. The first kappa shape index (κ1) is 23.0. The van der Waals surface area contributed by atoms with Crippen LogP contribution in [0.5, 0.6) is 0 Å². The molecule has 0 saturated carbocycles. The van der Waals surface area contributed by atoms with Crippen LogP contribution >= 0.6 is 0 Å². The van der Waals surface area contributed by atoms with Crippen LogP contribution in [-0.2, 0) is 24.4 Å². The topological polar surface area (TPSA) is 164 Å². The van der Waals surface area contributed by atoms with Crippen LogP contribution in [0.25, 0.3) is 0 Å². The van der Waals surface area contributed by atoms with E-state index in [0.717, 1.165) is 32.1 Å². The lowest BCUT2D eigenvalue weighted by molar-refractivity contribution is 0.0246. The number of nitrogens with two attached hydrogens (primary N) is 1. The van der Waals surface area contributed by atoms with Gasteiger partial charge in [0.15, 0.2) is 0 Å². The predicted molar refractivity (Wildman–Crippen MR) is 77.0 cm³/mol. The van der Waals surface area contributed by atoms with Gasteiger partial charge in [-0.3, -0.25) is 9.11 Å². The Hall–Kier alpha value is -0.300. The highest BCUT2D eigenvalue weighted by Crippen LogP contribution is 2.15. The number of unbranched alkanes of at least 4 members (excludes halogenated alkanes) is 3. The maximum absolute atomic E-state index is 9.65. The van der Waals surface area contributed by atoms with Crippen LogP contribution in [0.4, 0.5) is 0 Å². The molecule has 0 aliphatic heterocycles. The van der Waals surface area contributed by atoms with E-state index >= 15 is 0 Å². The first-order valence-corrected chi connectivity index (χ1v) is 9.23. The van der Waals surface area contributed by atoms with E-state index in [4.69, 9.17) is 14.8 Å². The van der Waals surface area contributed by atoms with Crippen LogP contribution in [0.3, 0.4) is 0 Å². The number of hydrogen-bond acceptors (Lipinski definition) is 7. The average Bonchev–Trinajstić information content (AvgIpc) is 2.22. The van der Waals surface area contributed by atoms with Crippen LogP contribution in [0, 0.1) is 0 Å². The fourth-order valence-corrected chi connectivity index (χ4v) is 2.27. The summed E-state index contributed by atoms with van der Waals surface area (Å²) in [7, 11) is -10.2. The van der Waals surface area contributed by atoms with Gasteiger partial charge in [-0.15, -0.1) is 3.63 Å². The highest BCUT2D eigenvalue weighted by atomic mass is 32.3. The second kappa shape index (κ2) is 10.4. The molecule has 0 spiro atoms. The van der Waals surface area contributed by atoms with E-state index < -0.39 is 26.5 Å². The van der Waals surface area contributed by atoms with Gasteiger partial charge >= 0.3 is 20.8 Å². The van der Waals surface area contributed by atoms with Crippen LogP contribution in [0.15, 0.2) is 0 Å². The van der Waals surface area contributed by atoms with Crippen molar-refractivity contribution in [3.05, 3.63) is 0 Å². The van der Waals surface area contributed by atoms with Crippen molar-refractivity contribution >= 4 is 20.8 Å².